The SMILES string of the molecule is Cc1cc2cc(C)c3cc(C=O)c(n1)n23. The van der Waals surface area contributed by atoms with Crippen molar-refractivity contribution in [2.24, 2.45) is 0 Å². The third-order valence-electron chi connectivity index (χ3n) is 2.80. The summed E-state index contributed by atoms with van der Waals surface area (Å²) in [6.45, 7) is 3.99. The van der Waals surface area contributed by atoms with Gasteiger partial charge in [0, 0.05) is 11.2 Å². The van der Waals surface area contributed by atoms with E-state index in [2.05, 4.69) is 11.1 Å². The molecule has 0 unspecified atom stereocenters. The lowest BCUT2D eigenvalue weighted by molar-refractivity contribution is 0.112. The lowest BCUT2D eigenvalue weighted by atomic mass is 10.2. The molecular formula is C12H10N2O. The molecule has 0 saturated carbocycles. The van der Waals surface area contributed by atoms with Crippen LogP contribution in [0.3, 0.4) is 0 Å². The Morgan fingerprint density at radius 2 is 2.07 bits per heavy atom. The lowest BCUT2D eigenvalue weighted by Gasteiger charge is -1.98. The Hall–Kier alpha value is -1.90. The van der Waals surface area contributed by atoms with Crippen molar-refractivity contribution in [1.82, 2.24) is 9.38 Å². The number of carbonyl (C=O) groups is 1. The van der Waals surface area contributed by atoms with Gasteiger partial charge < -0.3 is 0 Å². The summed E-state index contributed by atoms with van der Waals surface area (Å²) in [5.74, 6) is 0. The van der Waals surface area contributed by atoms with Gasteiger partial charge in [-0.15, -0.1) is 0 Å². The van der Waals surface area contributed by atoms with Gasteiger partial charge in [0.25, 0.3) is 0 Å². The molecule has 0 aliphatic heterocycles. The van der Waals surface area contributed by atoms with Crippen molar-refractivity contribution >= 4 is 23.0 Å². The first-order chi connectivity index (χ1) is 7.20. The molecule has 3 aromatic heterocycles. The summed E-state index contributed by atoms with van der Waals surface area (Å²) in [6, 6.07) is 6.05. The minimum Gasteiger partial charge on any atom is -0.298 e. The van der Waals surface area contributed by atoms with Gasteiger partial charge in [-0.25, -0.2) is 4.98 Å². The van der Waals surface area contributed by atoms with Gasteiger partial charge in [-0.3, -0.25) is 9.20 Å². The lowest BCUT2D eigenvalue weighted by Crippen LogP contribution is -1.91. The van der Waals surface area contributed by atoms with E-state index in [9.17, 15) is 4.79 Å². The van der Waals surface area contributed by atoms with Crippen LogP contribution in [0.4, 0.5) is 0 Å². The minimum atomic E-state index is 0.669. The van der Waals surface area contributed by atoms with Crippen molar-refractivity contribution in [3.05, 3.63) is 35.0 Å². The molecule has 0 amide bonds. The number of aryl methyl sites for hydroxylation is 2. The smallest absolute Gasteiger partial charge is 0.153 e. The second-order valence-electron chi connectivity index (χ2n) is 3.91. The number of hydrogen-bond acceptors (Lipinski definition) is 2. The summed E-state index contributed by atoms with van der Waals surface area (Å²) in [5.41, 5.74) is 5.75. The monoisotopic (exact) mass is 198 g/mol. The fourth-order valence-corrected chi connectivity index (χ4v) is 2.15. The maximum atomic E-state index is 10.9. The van der Waals surface area contributed by atoms with Gasteiger partial charge in [0.15, 0.2) is 6.29 Å². The van der Waals surface area contributed by atoms with Crippen LogP contribution in [0.2, 0.25) is 0 Å². The van der Waals surface area contributed by atoms with E-state index in [1.165, 1.54) is 5.56 Å². The minimum absolute atomic E-state index is 0.669. The Labute approximate surface area is 86.7 Å². The van der Waals surface area contributed by atoms with E-state index in [1.54, 1.807) is 0 Å². The summed E-state index contributed by atoms with van der Waals surface area (Å²) < 4.78 is 2.03. The van der Waals surface area contributed by atoms with Crippen molar-refractivity contribution in [3.8, 4) is 0 Å². The summed E-state index contributed by atoms with van der Waals surface area (Å²) in [7, 11) is 0. The van der Waals surface area contributed by atoms with Crippen molar-refractivity contribution in [2.45, 2.75) is 13.8 Å². The normalized spacial score (nSPS) is 11.6. The van der Waals surface area contributed by atoms with Crippen LogP contribution in [0, 0.1) is 13.8 Å². The number of nitrogens with zero attached hydrogens (tertiary/aromatic N) is 2. The van der Waals surface area contributed by atoms with Gasteiger partial charge in [-0.2, -0.15) is 0 Å². The first-order valence-corrected chi connectivity index (χ1v) is 4.87. The first kappa shape index (κ1) is 8.41. The zero-order valence-electron chi connectivity index (χ0n) is 8.61. The van der Waals surface area contributed by atoms with Crippen molar-refractivity contribution in [3.63, 3.8) is 0 Å². The molecule has 3 rings (SSSR count). The molecule has 3 heterocycles. The van der Waals surface area contributed by atoms with E-state index in [0.29, 0.717) is 5.56 Å². The molecule has 3 heteroatoms. The van der Waals surface area contributed by atoms with Crippen LogP contribution in [0.15, 0.2) is 18.2 Å². The van der Waals surface area contributed by atoms with Crippen LogP contribution in [-0.4, -0.2) is 15.7 Å². The van der Waals surface area contributed by atoms with Gasteiger partial charge in [-0.1, -0.05) is 0 Å². The number of carbonyl (C=O) groups excluding carboxylic acids is 1. The maximum absolute atomic E-state index is 10.9. The molecule has 74 valence electrons. The van der Waals surface area contributed by atoms with Crippen molar-refractivity contribution in [1.29, 1.82) is 0 Å². The fourth-order valence-electron chi connectivity index (χ4n) is 2.15. The van der Waals surface area contributed by atoms with Crippen LogP contribution in [0.1, 0.15) is 21.6 Å². The zero-order chi connectivity index (χ0) is 10.6. The average molecular weight is 198 g/mol. The van der Waals surface area contributed by atoms with E-state index in [-0.39, 0.29) is 0 Å². The Kier molecular flexibility index (Phi) is 1.44. The molecule has 0 radical (unpaired) electrons. The number of aldehydes is 1. The highest BCUT2D eigenvalue weighted by atomic mass is 16.1. The standard InChI is InChI=1S/C12H10N2O/c1-7-3-10-4-8(2)13-12-9(6-15)5-11(7)14(10)12/h3-6H,1-2H3. The number of rotatable bonds is 1. The van der Waals surface area contributed by atoms with E-state index in [0.717, 1.165) is 28.7 Å². The van der Waals surface area contributed by atoms with Gasteiger partial charge >= 0.3 is 0 Å². The second kappa shape index (κ2) is 2.57. The summed E-state index contributed by atoms with van der Waals surface area (Å²) in [4.78, 5) is 15.3. The third-order valence-corrected chi connectivity index (χ3v) is 2.80. The van der Waals surface area contributed by atoms with E-state index in [1.807, 2.05) is 30.4 Å². The summed E-state index contributed by atoms with van der Waals surface area (Å²) in [5, 5.41) is 0. The van der Waals surface area contributed by atoms with Crippen LogP contribution in [0.5, 0.6) is 0 Å². The van der Waals surface area contributed by atoms with E-state index in [4.69, 9.17) is 0 Å². The number of hydrogen-bond donors (Lipinski definition) is 0. The molecule has 0 saturated heterocycles. The van der Waals surface area contributed by atoms with Gasteiger partial charge in [0.05, 0.1) is 11.1 Å². The van der Waals surface area contributed by atoms with Gasteiger partial charge in [-0.05, 0) is 37.6 Å². The number of aromatic nitrogens is 2. The van der Waals surface area contributed by atoms with Gasteiger partial charge in [0.1, 0.15) is 5.65 Å². The highest BCUT2D eigenvalue weighted by molar-refractivity contribution is 5.92. The Morgan fingerprint density at radius 1 is 1.27 bits per heavy atom. The van der Waals surface area contributed by atoms with E-state index < -0.39 is 0 Å². The van der Waals surface area contributed by atoms with Gasteiger partial charge in [0.2, 0.25) is 0 Å². The topological polar surface area (TPSA) is 34.4 Å². The predicted molar refractivity (Wildman–Crippen MR) is 58.7 cm³/mol. The van der Waals surface area contributed by atoms with E-state index >= 15 is 0 Å². The van der Waals surface area contributed by atoms with Crippen molar-refractivity contribution < 1.29 is 4.79 Å². The molecule has 15 heavy (non-hydrogen) atoms. The summed E-state index contributed by atoms with van der Waals surface area (Å²) in [6.07, 6.45) is 0.869. The molecule has 0 aliphatic rings. The Morgan fingerprint density at radius 3 is 2.80 bits per heavy atom. The maximum Gasteiger partial charge on any atom is 0.153 e. The second-order valence-corrected chi connectivity index (χ2v) is 3.91. The third kappa shape index (κ3) is 0.947. The Bertz CT molecular complexity index is 661. The highest BCUT2D eigenvalue weighted by Gasteiger charge is 2.13. The first-order valence-electron chi connectivity index (χ1n) is 4.87. The molecule has 0 N–H and O–H groups in total. The molecular weight excluding hydrogens is 188 g/mol. The molecule has 3 nitrogen and oxygen atoms in total. The average Bonchev–Trinajstić information content (AvgIpc) is 2.69. The molecule has 0 fully saturated rings. The highest BCUT2D eigenvalue weighted by Crippen LogP contribution is 2.25. The van der Waals surface area contributed by atoms with Crippen LogP contribution < -0.4 is 0 Å². The van der Waals surface area contributed by atoms with Crippen LogP contribution in [-0.2, 0) is 0 Å². The molecule has 3 aromatic rings. The summed E-state index contributed by atoms with van der Waals surface area (Å²) >= 11 is 0. The predicted octanol–water partition coefficient (Wildman–Crippen LogP) is 2.35. The quantitative estimate of drug-likeness (QED) is 0.562. The van der Waals surface area contributed by atoms with Crippen LogP contribution >= 0.6 is 0 Å². The molecule has 0 spiro atoms. The molecule has 0 bridgehead atoms. The van der Waals surface area contributed by atoms with Crippen LogP contribution in [0.25, 0.3) is 16.7 Å². The Balaban J connectivity index is 2.66. The largest absolute Gasteiger partial charge is 0.298 e. The molecule has 0 atom stereocenters. The zero-order valence-corrected chi connectivity index (χ0v) is 8.61. The van der Waals surface area contributed by atoms with Crippen molar-refractivity contribution in [2.75, 3.05) is 0 Å². The fraction of sp³-hybridized carbons (Fsp3) is 0.167. The molecule has 0 aliphatic carbocycles. The molecule has 0 aromatic carbocycles.